The van der Waals surface area contributed by atoms with Crippen molar-refractivity contribution >= 4 is 5.91 Å². The third-order valence-corrected chi connectivity index (χ3v) is 11.4. The Balaban J connectivity index is 2.47. The van der Waals surface area contributed by atoms with E-state index in [0.717, 1.165) is 38.5 Å². The van der Waals surface area contributed by atoms with Crippen LogP contribution in [0.25, 0.3) is 0 Å². The fraction of sp³-hybridized carbons (Fsp3) is 0.854. The van der Waals surface area contributed by atoms with E-state index in [0.29, 0.717) is 19.3 Å². The predicted octanol–water partition coefficient (Wildman–Crippen LogP) is 8.00. The quantitative estimate of drug-likeness (QED) is 0.0223. The van der Waals surface area contributed by atoms with Crippen molar-refractivity contribution in [1.29, 1.82) is 0 Å². The molecule has 1 rings (SSSR count). The van der Waals surface area contributed by atoms with E-state index in [1.165, 1.54) is 109 Å². The van der Waals surface area contributed by atoms with E-state index in [9.17, 15) is 40.5 Å². The van der Waals surface area contributed by atoms with Crippen LogP contribution in [0.1, 0.15) is 194 Å². The van der Waals surface area contributed by atoms with Gasteiger partial charge in [-0.2, -0.15) is 0 Å². The van der Waals surface area contributed by atoms with Crippen LogP contribution in [0.2, 0.25) is 0 Å². The normalized spacial score (nSPS) is 22.1. The molecule has 0 radical (unpaired) electrons. The lowest BCUT2D eigenvalue weighted by Crippen LogP contribution is -2.60. The molecule has 1 saturated heterocycles. The second kappa shape index (κ2) is 38.0. The topological polar surface area (TPSA) is 189 Å². The molecule has 8 N–H and O–H groups in total. The van der Waals surface area contributed by atoms with Gasteiger partial charge in [-0.25, -0.2) is 0 Å². The van der Waals surface area contributed by atoms with Gasteiger partial charge in [-0.15, -0.1) is 0 Å². The number of hydrogen-bond acceptors (Lipinski definition) is 10. The largest absolute Gasteiger partial charge is 0.394 e. The summed E-state index contributed by atoms with van der Waals surface area (Å²) in [7, 11) is 0. The van der Waals surface area contributed by atoms with Crippen molar-refractivity contribution in [3.63, 3.8) is 0 Å². The zero-order valence-corrected chi connectivity index (χ0v) is 37.2. The summed E-state index contributed by atoms with van der Waals surface area (Å²) in [5, 5.41) is 75.6. The van der Waals surface area contributed by atoms with E-state index in [1.807, 2.05) is 0 Å². The smallest absolute Gasteiger partial charge is 0.249 e. The number of carbonyl (C=O) groups excluding carboxylic acids is 1. The fourth-order valence-corrected chi connectivity index (χ4v) is 7.39. The molecule has 0 aromatic carbocycles. The Kier molecular flexibility index (Phi) is 35.7. The summed E-state index contributed by atoms with van der Waals surface area (Å²) in [6.07, 6.45) is 32.0. The number of allylic oxidation sites excluding steroid dienone is 6. The minimum absolute atomic E-state index is 0.220. The zero-order valence-electron chi connectivity index (χ0n) is 37.2. The Morgan fingerprint density at radius 2 is 1.02 bits per heavy atom. The molecule has 0 aliphatic carbocycles. The molecule has 11 heteroatoms. The molecule has 1 aliphatic heterocycles. The highest BCUT2D eigenvalue weighted by Gasteiger charge is 2.44. The third-order valence-electron chi connectivity index (χ3n) is 11.4. The number of nitrogens with one attached hydrogen (secondary N) is 1. The summed E-state index contributed by atoms with van der Waals surface area (Å²) in [5.74, 6) is -0.729. The van der Waals surface area contributed by atoms with Gasteiger partial charge in [-0.3, -0.25) is 4.79 Å². The van der Waals surface area contributed by atoms with Crippen LogP contribution in [0.4, 0.5) is 0 Å². The average Bonchev–Trinajstić information content (AvgIpc) is 3.23. The molecule has 0 spiro atoms. The lowest BCUT2D eigenvalue weighted by atomic mass is 9.98. The number of rotatable bonds is 39. The zero-order chi connectivity index (χ0) is 43.4. The molecule has 0 bridgehead atoms. The molecule has 11 nitrogen and oxygen atoms in total. The highest BCUT2D eigenvalue weighted by atomic mass is 16.7. The summed E-state index contributed by atoms with van der Waals surface area (Å²) < 4.78 is 11.1. The highest BCUT2D eigenvalue weighted by Crippen LogP contribution is 2.23. The lowest BCUT2D eigenvalue weighted by Gasteiger charge is -2.40. The molecular formula is C48H89NO10. The van der Waals surface area contributed by atoms with E-state index >= 15 is 0 Å². The molecule has 0 aromatic rings. The van der Waals surface area contributed by atoms with Crippen LogP contribution < -0.4 is 5.32 Å². The summed E-state index contributed by atoms with van der Waals surface area (Å²) in [5.41, 5.74) is 0. The summed E-state index contributed by atoms with van der Waals surface area (Å²) in [6, 6.07) is -1.20. The number of hydrogen-bond donors (Lipinski definition) is 8. The van der Waals surface area contributed by atoms with Gasteiger partial charge >= 0.3 is 0 Å². The first-order chi connectivity index (χ1) is 28.7. The van der Waals surface area contributed by atoms with Crippen LogP contribution in [0.3, 0.4) is 0 Å². The number of aliphatic hydroxyl groups excluding tert-OH is 7. The van der Waals surface area contributed by atoms with Crippen molar-refractivity contribution < 1.29 is 50.0 Å². The van der Waals surface area contributed by atoms with Crippen LogP contribution in [0.15, 0.2) is 36.5 Å². The number of amides is 1. The first-order valence-electron chi connectivity index (χ1n) is 23.9. The van der Waals surface area contributed by atoms with Crippen molar-refractivity contribution in [2.24, 2.45) is 0 Å². The molecule has 1 heterocycles. The summed E-state index contributed by atoms with van der Waals surface area (Å²) in [4.78, 5) is 13.0. The highest BCUT2D eigenvalue weighted by molar-refractivity contribution is 5.80. The van der Waals surface area contributed by atoms with Crippen LogP contribution in [-0.2, 0) is 14.3 Å². The number of unbranched alkanes of at least 4 members (excludes halogenated alkanes) is 21. The van der Waals surface area contributed by atoms with E-state index in [1.54, 1.807) is 0 Å². The minimum atomic E-state index is -1.67. The Morgan fingerprint density at radius 1 is 0.576 bits per heavy atom. The van der Waals surface area contributed by atoms with Gasteiger partial charge in [-0.05, 0) is 77.0 Å². The Bertz CT molecular complexity index is 1050. The molecule has 1 aliphatic rings. The van der Waals surface area contributed by atoms with Crippen molar-refractivity contribution in [1.82, 2.24) is 5.32 Å². The maximum absolute atomic E-state index is 13.0. The van der Waals surface area contributed by atoms with Crippen LogP contribution in [0.5, 0.6) is 0 Å². The maximum atomic E-state index is 13.0. The van der Waals surface area contributed by atoms with Gasteiger partial charge in [0.15, 0.2) is 6.29 Å². The Hall–Kier alpha value is -1.67. The number of ether oxygens (including phenoxy) is 2. The van der Waals surface area contributed by atoms with Gasteiger partial charge < -0.3 is 50.5 Å². The van der Waals surface area contributed by atoms with E-state index in [-0.39, 0.29) is 12.8 Å². The van der Waals surface area contributed by atoms with Crippen LogP contribution in [-0.4, -0.2) is 110 Å². The predicted molar refractivity (Wildman–Crippen MR) is 238 cm³/mol. The van der Waals surface area contributed by atoms with Gasteiger partial charge in [0.1, 0.15) is 36.6 Å². The van der Waals surface area contributed by atoms with Gasteiger partial charge in [-0.1, -0.05) is 153 Å². The van der Waals surface area contributed by atoms with Crippen molar-refractivity contribution in [3.05, 3.63) is 36.5 Å². The van der Waals surface area contributed by atoms with E-state index in [4.69, 9.17) is 9.47 Å². The van der Waals surface area contributed by atoms with Crippen molar-refractivity contribution in [2.75, 3.05) is 13.2 Å². The van der Waals surface area contributed by atoms with Crippen molar-refractivity contribution in [2.45, 2.75) is 249 Å². The van der Waals surface area contributed by atoms with Gasteiger partial charge in [0, 0.05) is 0 Å². The molecule has 1 amide bonds. The average molecular weight is 840 g/mol. The molecule has 1 fully saturated rings. The molecule has 0 saturated carbocycles. The second-order valence-electron chi connectivity index (χ2n) is 16.8. The molecule has 59 heavy (non-hydrogen) atoms. The Morgan fingerprint density at radius 3 is 1.51 bits per heavy atom. The SMILES string of the molecule is CCCCCCCC/C=C\CCCCC(O)C(=O)NC(COC1OC(CO)C(O)C(O)C1O)C(O)C(O)CCC/C=C/CC/C=C/CCCCCCCCCCCCC. The van der Waals surface area contributed by atoms with E-state index in [2.05, 4.69) is 55.6 Å². The number of carbonyl (C=O) groups is 1. The van der Waals surface area contributed by atoms with Crippen LogP contribution >= 0.6 is 0 Å². The maximum Gasteiger partial charge on any atom is 0.249 e. The molecule has 9 atom stereocenters. The molecular weight excluding hydrogens is 751 g/mol. The minimum Gasteiger partial charge on any atom is -0.394 e. The van der Waals surface area contributed by atoms with Gasteiger partial charge in [0.2, 0.25) is 5.91 Å². The van der Waals surface area contributed by atoms with E-state index < -0.39 is 74.2 Å². The fourth-order valence-electron chi connectivity index (χ4n) is 7.39. The molecule has 0 aromatic heterocycles. The molecule has 346 valence electrons. The lowest BCUT2D eigenvalue weighted by molar-refractivity contribution is -0.303. The van der Waals surface area contributed by atoms with Gasteiger partial charge in [0.25, 0.3) is 0 Å². The first-order valence-corrected chi connectivity index (χ1v) is 23.9. The number of aliphatic hydroxyl groups is 7. The second-order valence-corrected chi connectivity index (χ2v) is 16.8. The summed E-state index contributed by atoms with van der Waals surface area (Å²) >= 11 is 0. The van der Waals surface area contributed by atoms with Crippen molar-refractivity contribution in [3.8, 4) is 0 Å². The monoisotopic (exact) mass is 840 g/mol. The molecule has 9 unspecified atom stereocenters. The van der Waals surface area contributed by atoms with Crippen LogP contribution in [0, 0.1) is 0 Å². The third kappa shape index (κ3) is 27.8. The van der Waals surface area contributed by atoms with Gasteiger partial charge in [0.05, 0.1) is 25.4 Å². The standard InChI is InChI=1S/C48H89NO10/c1-3-5-7-9-11-13-15-17-18-19-20-21-22-23-24-26-27-29-31-33-35-40(51)43(53)39(38-58-48-46(56)45(55)44(54)42(37-50)59-48)49-47(57)41(52)36-34-32-30-28-25-16-14-12-10-8-6-4-2/h22-23,25,27-29,39-46,48,50-56H,3-21,24,26,30-38H2,1-2H3,(H,49,57)/b23-22+,28-25-,29-27+. The summed E-state index contributed by atoms with van der Waals surface area (Å²) in [6.45, 7) is 3.39. The Labute approximate surface area is 358 Å². The first kappa shape index (κ1) is 55.3.